The van der Waals surface area contributed by atoms with Gasteiger partial charge >= 0.3 is 0 Å². The summed E-state index contributed by atoms with van der Waals surface area (Å²) in [6, 6.07) is 0. The second-order valence-electron chi connectivity index (χ2n) is 1.07. The van der Waals surface area contributed by atoms with Crippen molar-refractivity contribution in [2.45, 2.75) is 0 Å². The van der Waals surface area contributed by atoms with Crippen LogP contribution in [0.3, 0.4) is 0 Å². The molecule has 0 atom stereocenters. The summed E-state index contributed by atoms with van der Waals surface area (Å²) in [5, 5.41) is 0.479. The van der Waals surface area contributed by atoms with Crippen LogP contribution in [-0.2, 0) is 14.6 Å². The van der Waals surface area contributed by atoms with Gasteiger partial charge in [-0.1, -0.05) is 0 Å². The van der Waals surface area contributed by atoms with Crippen LogP contribution in [0.25, 0.3) is 0 Å². The van der Waals surface area contributed by atoms with Crippen LogP contribution in [0, 0.1) is 0 Å². The van der Waals surface area contributed by atoms with Gasteiger partial charge in [0, 0.05) is 6.26 Å². The molecule has 0 heterocycles. The minimum absolute atomic E-state index is 0.479. The topological polar surface area (TPSA) is 51.2 Å². The maximum Gasteiger partial charge on any atom is 0.179 e. The highest BCUT2D eigenvalue weighted by molar-refractivity contribution is 7.93. The van der Waals surface area contributed by atoms with Crippen LogP contribution in [0.2, 0.25) is 0 Å². The molecule has 0 rings (SSSR count). The molecule has 0 aromatic rings. The molecule has 0 N–H and O–H groups in total. The van der Waals surface area contributed by atoms with E-state index in [1.807, 2.05) is 0 Å². The fourth-order valence-electron chi connectivity index (χ4n) is 0.0874. The summed E-state index contributed by atoms with van der Waals surface area (Å²) >= 11 is 0. The summed E-state index contributed by atoms with van der Waals surface area (Å²) in [5.74, 6) is 1.14. The average molecular weight is 120 g/mol. The smallest absolute Gasteiger partial charge is 0.179 e. The second kappa shape index (κ2) is 1.91. The van der Waals surface area contributed by atoms with E-state index in [1.54, 1.807) is 0 Å². The highest BCUT2D eigenvalue weighted by atomic mass is 32.2. The van der Waals surface area contributed by atoms with Crippen molar-refractivity contribution < 1.29 is 13.2 Å². The van der Waals surface area contributed by atoms with Crippen molar-refractivity contribution in [3.63, 3.8) is 0 Å². The molecule has 0 unspecified atom stereocenters. The molecular weight excluding hydrogens is 116 g/mol. The Labute approximate surface area is 41.6 Å². The van der Waals surface area contributed by atoms with E-state index in [9.17, 15) is 13.2 Å². The van der Waals surface area contributed by atoms with Gasteiger partial charge in [0.2, 0.25) is 0 Å². The predicted molar refractivity (Wildman–Crippen MR) is 25.1 cm³/mol. The molecule has 0 aliphatic carbocycles. The van der Waals surface area contributed by atoms with E-state index >= 15 is 0 Å². The predicted octanol–water partition coefficient (Wildman–Crippen LogP) is -0.624. The van der Waals surface area contributed by atoms with Crippen LogP contribution in [0.15, 0.2) is 5.41 Å². The van der Waals surface area contributed by atoms with Crippen molar-refractivity contribution in [3.8, 4) is 0 Å². The van der Waals surface area contributed by atoms with E-state index in [-0.39, 0.29) is 0 Å². The fraction of sp³-hybridized carbons (Fsp3) is 0.333. The van der Waals surface area contributed by atoms with Crippen molar-refractivity contribution in [2.24, 2.45) is 0 Å². The molecule has 0 aromatic carbocycles. The van der Waals surface area contributed by atoms with Gasteiger partial charge in [0.15, 0.2) is 9.84 Å². The zero-order valence-electron chi connectivity index (χ0n) is 3.71. The minimum Gasteiger partial charge on any atom is -0.233 e. The van der Waals surface area contributed by atoms with Gasteiger partial charge < -0.3 is 0 Å². The standard InChI is InChI=1S/C3H4O3S/c1-7(5,6)3-2-4/h3H,1H3. The molecule has 0 aliphatic heterocycles. The second-order valence-corrected chi connectivity index (χ2v) is 2.96. The molecule has 0 saturated heterocycles. The third-order valence-electron chi connectivity index (χ3n) is 0.262. The Kier molecular flexibility index (Phi) is 1.75. The molecule has 4 heteroatoms. The Balaban J connectivity index is 4.44. The number of carbonyl (C=O) groups excluding carboxylic acids is 1. The molecule has 0 radical (unpaired) electrons. The molecule has 7 heavy (non-hydrogen) atoms. The number of sulfone groups is 1. The largest absolute Gasteiger partial charge is 0.233 e. The molecule has 0 aromatic heterocycles. The third-order valence-corrected chi connectivity index (χ3v) is 0.787. The van der Waals surface area contributed by atoms with Crippen molar-refractivity contribution in [1.29, 1.82) is 0 Å². The Morgan fingerprint density at radius 3 is 2.00 bits per heavy atom. The lowest BCUT2D eigenvalue weighted by Crippen LogP contribution is -1.87. The Morgan fingerprint density at radius 1 is 1.57 bits per heavy atom. The molecule has 0 amide bonds. The molecule has 0 spiro atoms. The van der Waals surface area contributed by atoms with Crippen LogP contribution < -0.4 is 0 Å². The normalized spacial score (nSPS) is 9.86. The van der Waals surface area contributed by atoms with E-state index in [1.165, 1.54) is 0 Å². The van der Waals surface area contributed by atoms with E-state index in [0.29, 0.717) is 5.41 Å². The third kappa shape index (κ3) is 5.40. The lowest BCUT2D eigenvalue weighted by Gasteiger charge is -1.72. The number of rotatable bonds is 1. The first kappa shape index (κ1) is 6.40. The zero-order chi connectivity index (χ0) is 5.91. The fourth-order valence-corrected chi connectivity index (χ4v) is 0.262. The van der Waals surface area contributed by atoms with Gasteiger partial charge in [-0.05, 0) is 0 Å². The quantitative estimate of drug-likeness (QED) is 0.433. The number of hydrogen-bond donors (Lipinski definition) is 0. The highest BCUT2D eigenvalue weighted by Crippen LogP contribution is 1.75. The van der Waals surface area contributed by atoms with Crippen LogP contribution >= 0.6 is 0 Å². The summed E-state index contributed by atoms with van der Waals surface area (Å²) in [7, 11) is -3.22. The molecule has 3 nitrogen and oxygen atoms in total. The van der Waals surface area contributed by atoms with E-state index in [2.05, 4.69) is 0 Å². The highest BCUT2D eigenvalue weighted by Gasteiger charge is 1.89. The lowest BCUT2D eigenvalue weighted by atomic mass is 11.2. The monoisotopic (exact) mass is 120 g/mol. The summed E-state index contributed by atoms with van der Waals surface area (Å²) in [6.07, 6.45) is 0.928. The minimum atomic E-state index is -3.22. The van der Waals surface area contributed by atoms with Crippen LogP contribution in [0.5, 0.6) is 0 Å². The molecule has 0 aliphatic rings. The molecule has 40 valence electrons. The van der Waals surface area contributed by atoms with Gasteiger partial charge in [-0.2, -0.15) is 0 Å². The Morgan fingerprint density at radius 2 is 2.00 bits per heavy atom. The first-order valence-corrected chi connectivity index (χ1v) is 3.42. The van der Waals surface area contributed by atoms with E-state index in [0.717, 1.165) is 12.2 Å². The lowest BCUT2D eigenvalue weighted by molar-refractivity contribution is 0.569. The molecule has 0 fully saturated rings. The molecule has 0 bridgehead atoms. The first-order valence-electron chi connectivity index (χ1n) is 1.47. The maximum atomic E-state index is 9.91. The number of hydrogen-bond acceptors (Lipinski definition) is 3. The molecule has 0 saturated carbocycles. The van der Waals surface area contributed by atoms with Gasteiger partial charge in [-0.15, -0.1) is 0 Å². The van der Waals surface area contributed by atoms with Gasteiger partial charge in [0.25, 0.3) is 0 Å². The zero-order valence-corrected chi connectivity index (χ0v) is 4.53. The van der Waals surface area contributed by atoms with Gasteiger partial charge in [0.1, 0.15) is 11.3 Å². The van der Waals surface area contributed by atoms with Crippen molar-refractivity contribution >= 4 is 15.8 Å². The van der Waals surface area contributed by atoms with Gasteiger partial charge in [-0.25, -0.2) is 13.2 Å². The summed E-state index contributed by atoms with van der Waals surface area (Å²) in [4.78, 5) is 9.26. The van der Waals surface area contributed by atoms with Gasteiger partial charge in [-0.3, -0.25) is 0 Å². The van der Waals surface area contributed by atoms with Crippen molar-refractivity contribution in [2.75, 3.05) is 6.26 Å². The average Bonchev–Trinajstić information content (AvgIpc) is 1.30. The van der Waals surface area contributed by atoms with Crippen molar-refractivity contribution in [3.05, 3.63) is 5.41 Å². The SMILES string of the molecule is CS(=O)(=O)C=C=O. The summed E-state index contributed by atoms with van der Waals surface area (Å²) < 4.78 is 19.8. The van der Waals surface area contributed by atoms with E-state index < -0.39 is 9.84 Å². The summed E-state index contributed by atoms with van der Waals surface area (Å²) in [5.41, 5.74) is 0. The van der Waals surface area contributed by atoms with E-state index in [4.69, 9.17) is 0 Å². The summed E-state index contributed by atoms with van der Waals surface area (Å²) in [6.45, 7) is 0. The van der Waals surface area contributed by atoms with Crippen molar-refractivity contribution in [1.82, 2.24) is 0 Å². The van der Waals surface area contributed by atoms with Crippen LogP contribution in [-0.4, -0.2) is 20.6 Å². The Bertz CT molecular complexity index is 182. The van der Waals surface area contributed by atoms with Crippen LogP contribution in [0.4, 0.5) is 0 Å². The maximum absolute atomic E-state index is 9.91. The first-order chi connectivity index (χ1) is 3.06. The van der Waals surface area contributed by atoms with Gasteiger partial charge in [0.05, 0.1) is 0 Å². The molecular formula is C3H4O3S. The Hall–Kier alpha value is -0.600. The van der Waals surface area contributed by atoms with Crippen LogP contribution in [0.1, 0.15) is 0 Å².